The maximum atomic E-state index is 12.7. The number of ether oxygens (including phenoxy) is 2. The molecule has 0 aromatic heterocycles. The lowest BCUT2D eigenvalue weighted by molar-refractivity contribution is -0.161. The first kappa shape index (κ1) is 19.3. The van der Waals surface area contributed by atoms with Crippen LogP contribution in [0.2, 0.25) is 0 Å². The highest BCUT2D eigenvalue weighted by molar-refractivity contribution is 5.97. The zero-order valence-electron chi connectivity index (χ0n) is 17.5. The molecule has 2 aliphatic carbocycles. The molecule has 5 heteroatoms. The van der Waals surface area contributed by atoms with E-state index in [-0.39, 0.29) is 23.2 Å². The van der Waals surface area contributed by atoms with Crippen molar-refractivity contribution in [1.29, 1.82) is 0 Å². The fourth-order valence-electron chi connectivity index (χ4n) is 6.24. The quantitative estimate of drug-likeness (QED) is 0.738. The summed E-state index contributed by atoms with van der Waals surface area (Å²) in [7, 11) is 3.17. The molecule has 1 saturated heterocycles. The molecule has 1 aromatic carbocycles. The number of anilines is 1. The molecule has 1 aromatic rings. The Bertz CT molecular complexity index is 819. The number of fused-ring (bicyclic) bond motifs is 3. The Hall–Kier alpha value is -2.04. The summed E-state index contributed by atoms with van der Waals surface area (Å²) in [5, 5.41) is 0. The number of methoxy groups -OCH3 is 2. The topological polar surface area (TPSA) is 55.8 Å². The number of amides is 1. The Labute approximate surface area is 167 Å². The van der Waals surface area contributed by atoms with Crippen molar-refractivity contribution in [2.24, 2.45) is 11.3 Å². The lowest BCUT2D eigenvalue weighted by atomic mass is 9.50. The number of hydrogen-bond acceptors (Lipinski definition) is 4. The van der Waals surface area contributed by atoms with Gasteiger partial charge in [0.05, 0.1) is 25.3 Å². The number of carbonyl (C=O) groups excluding carboxylic acids is 2. The van der Waals surface area contributed by atoms with Crippen molar-refractivity contribution in [3.05, 3.63) is 23.3 Å². The van der Waals surface area contributed by atoms with Gasteiger partial charge in [0.2, 0.25) is 5.91 Å². The molecular weight excluding hydrogens is 354 g/mol. The largest absolute Gasteiger partial charge is 0.495 e. The van der Waals surface area contributed by atoms with E-state index in [9.17, 15) is 9.59 Å². The highest BCUT2D eigenvalue weighted by atomic mass is 16.5. The predicted octanol–water partition coefficient (Wildman–Crippen LogP) is 4.01. The number of carbonyl (C=O) groups is 2. The monoisotopic (exact) mass is 385 g/mol. The van der Waals surface area contributed by atoms with Gasteiger partial charge in [0.25, 0.3) is 0 Å². The van der Waals surface area contributed by atoms with Crippen LogP contribution in [0, 0.1) is 11.3 Å². The van der Waals surface area contributed by atoms with E-state index in [0.717, 1.165) is 56.5 Å². The first-order valence-electron chi connectivity index (χ1n) is 10.5. The molecule has 0 bridgehead atoms. The van der Waals surface area contributed by atoms with Crippen molar-refractivity contribution in [2.75, 3.05) is 25.7 Å². The van der Waals surface area contributed by atoms with Crippen LogP contribution in [0.4, 0.5) is 5.69 Å². The fourth-order valence-corrected chi connectivity index (χ4v) is 6.24. The van der Waals surface area contributed by atoms with Crippen LogP contribution in [0.5, 0.6) is 5.75 Å². The second-order valence-electron chi connectivity index (χ2n) is 9.10. The smallest absolute Gasteiger partial charge is 0.311 e. The molecule has 4 rings (SSSR count). The minimum Gasteiger partial charge on any atom is -0.495 e. The zero-order valence-corrected chi connectivity index (χ0v) is 17.5. The second kappa shape index (κ2) is 6.78. The summed E-state index contributed by atoms with van der Waals surface area (Å²) in [6.45, 7) is 5.14. The van der Waals surface area contributed by atoms with Crippen LogP contribution < -0.4 is 9.64 Å². The van der Waals surface area contributed by atoms with Crippen molar-refractivity contribution in [3.8, 4) is 5.75 Å². The molecule has 1 aliphatic heterocycles. The molecule has 3 atom stereocenters. The number of rotatable bonds is 3. The number of aryl methyl sites for hydroxylation is 1. The fraction of sp³-hybridized carbons (Fsp3) is 0.652. The Morgan fingerprint density at radius 1 is 1.14 bits per heavy atom. The van der Waals surface area contributed by atoms with Crippen LogP contribution in [0.15, 0.2) is 12.1 Å². The first-order chi connectivity index (χ1) is 13.3. The van der Waals surface area contributed by atoms with Crippen LogP contribution in [0.25, 0.3) is 0 Å². The van der Waals surface area contributed by atoms with Gasteiger partial charge in [0.1, 0.15) is 5.75 Å². The average Bonchev–Trinajstić information content (AvgIpc) is 3.11. The van der Waals surface area contributed by atoms with Gasteiger partial charge in [-0.15, -0.1) is 0 Å². The zero-order chi connectivity index (χ0) is 20.1. The summed E-state index contributed by atoms with van der Waals surface area (Å²) in [5.41, 5.74) is 2.94. The van der Waals surface area contributed by atoms with Crippen LogP contribution in [-0.4, -0.2) is 32.6 Å². The third kappa shape index (κ3) is 2.66. The van der Waals surface area contributed by atoms with Crippen molar-refractivity contribution in [1.82, 2.24) is 0 Å². The summed E-state index contributed by atoms with van der Waals surface area (Å²) in [5.74, 6) is 1.10. The van der Waals surface area contributed by atoms with Gasteiger partial charge in [-0.2, -0.15) is 0 Å². The summed E-state index contributed by atoms with van der Waals surface area (Å²) in [6, 6.07) is 4.31. The molecule has 1 amide bonds. The van der Waals surface area contributed by atoms with Gasteiger partial charge in [0.15, 0.2) is 0 Å². The second-order valence-corrected chi connectivity index (χ2v) is 9.10. The lowest BCUT2D eigenvalue weighted by Gasteiger charge is -2.54. The number of benzene rings is 1. The first-order valence-corrected chi connectivity index (χ1v) is 10.5. The van der Waals surface area contributed by atoms with E-state index in [0.29, 0.717) is 6.42 Å². The molecular formula is C23H31NO4. The molecule has 1 heterocycles. The van der Waals surface area contributed by atoms with E-state index in [2.05, 4.69) is 26.0 Å². The average molecular weight is 386 g/mol. The molecule has 0 spiro atoms. The lowest BCUT2D eigenvalue weighted by Crippen LogP contribution is -2.52. The molecule has 152 valence electrons. The molecule has 28 heavy (non-hydrogen) atoms. The van der Waals surface area contributed by atoms with E-state index in [1.54, 1.807) is 7.11 Å². The van der Waals surface area contributed by atoms with E-state index < -0.39 is 5.41 Å². The van der Waals surface area contributed by atoms with E-state index in [1.165, 1.54) is 18.2 Å². The number of hydrogen-bond donors (Lipinski definition) is 0. The van der Waals surface area contributed by atoms with E-state index >= 15 is 0 Å². The van der Waals surface area contributed by atoms with Gasteiger partial charge in [-0.3, -0.25) is 9.59 Å². The van der Waals surface area contributed by atoms with Gasteiger partial charge in [-0.1, -0.05) is 13.3 Å². The van der Waals surface area contributed by atoms with Gasteiger partial charge in [0, 0.05) is 13.0 Å². The maximum Gasteiger partial charge on any atom is 0.311 e. The Kier molecular flexibility index (Phi) is 4.67. The number of nitrogens with zero attached hydrogens (tertiary/aromatic N) is 1. The van der Waals surface area contributed by atoms with E-state index in [1.807, 2.05) is 4.90 Å². The highest BCUT2D eigenvalue weighted by Gasteiger charge is 2.55. The molecule has 1 saturated carbocycles. The normalized spacial score (nSPS) is 31.9. The highest BCUT2D eigenvalue weighted by Crippen LogP contribution is 2.58. The Balaban J connectivity index is 1.80. The van der Waals surface area contributed by atoms with Crippen molar-refractivity contribution in [3.63, 3.8) is 0 Å². The van der Waals surface area contributed by atoms with Crippen molar-refractivity contribution in [2.45, 2.75) is 64.2 Å². The molecule has 2 fully saturated rings. The molecule has 3 aliphatic rings. The van der Waals surface area contributed by atoms with Gasteiger partial charge < -0.3 is 14.4 Å². The maximum absolute atomic E-state index is 12.7. The SMILES string of the molecule is COC(=O)[C@@]1(C)CCC[C@]2(C)c3cc(OC)c(N4CCCC4=O)cc3CC[C@@H]12. The third-order valence-corrected chi connectivity index (χ3v) is 7.67. The van der Waals surface area contributed by atoms with Crippen molar-refractivity contribution >= 4 is 17.6 Å². The molecule has 0 N–H and O–H groups in total. The Morgan fingerprint density at radius 3 is 2.57 bits per heavy atom. The Morgan fingerprint density at radius 2 is 1.93 bits per heavy atom. The van der Waals surface area contributed by atoms with Gasteiger partial charge in [-0.05, 0) is 73.6 Å². The van der Waals surface area contributed by atoms with Crippen LogP contribution in [0.3, 0.4) is 0 Å². The summed E-state index contributed by atoms with van der Waals surface area (Å²) in [4.78, 5) is 26.9. The molecule has 0 unspecified atom stereocenters. The minimum atomic E-state index is -0.448. The summed E-state index contributed by atoms with van der Waals surface area (Å²) in [6.07, 6.45) is 6.34. The standard InChI is InChI=1S/C23H31NO4/c1-22-10-6-11-23(2,21(26)28-4)19(22)9-8-15-13-17(18(27-3)14-16(15)22)24-12-5-7-20(24)25/h13-14,19H,5-12H2,1-4H3/t19-,22-,23+/m1/s1. The molecule has 0 radical (unpaired) electrons. The van der Waals surface area contributed by atoms with Crippen molar-refractivity contribution < 1.29 is 19.1 Å². The summed E-state index contributed by atoms with van der Waals surface area (Å²) >= 11 is 0. The number of esters is 1. The van der Waals surface area contributed by atoms with Crippen LogP contribution in [-0.2, 0) is 26.2 Å². The third-order valence-electron chi connectivity index (χ3n) is 7.67. The van der Waals surface area contributed by atoms with Gasteiger partial charge >= 0.3 is 5.97 Å². The molecule has 5 nitrogen and oxygen atoms in total. The van der Waals surface area contributed by atoms with Gasteiger partial charge in [-0.25, -0.2) is 0 Å². The van der Waals surface area contributed by atoms with Crippen LogP contribution >= 0.6 is 0 Å². The van der Waals surface area contributed by atoms with E-state index in [4.69, 9.17) is 9.47 Å². The minimum absolute atomic E-state index is 0.0851. The summed E-state index contributed by atoms with van der Waals surface area (Å²) < 4.78 is 10.9. The predicted molar refractivity (Wildman–Crippen MR) is 108 cm³/mol. The van der Waals surface area contributed by atoms with Crippen LogP contribution in [0.1, 0.15) is 63.5 Å².